The maximum atomic E-state index is 13.6. The molecule has 2 aromatic rings. The summed E-state index contributed by atoms with van der Waals surface area (Å²) in [5.41, 5.74) is 1.58. The van der Waals surface area contributed by atoms with E-state index in [1.165, 1.54) is 38.3 Å². The van der Waals surface area contributed by atoms with Crippen LogP contribution in [0.2, 0.25) is 0 Å². The van der Waals surface area contributed by atoms with Crippen LogP contribution in [0.15, 0.2) is 48.5 Å². The van der Waals surface area contributed by atoms with Crippen molar-refractivity contribution < 1.29 is 18.7 Å². The summed E-state index contributed by atoms with van der Waals surface area (Å²) in [4.78, 5) is 23.2. The third-order valence-corrected chi connectivity index (χ3v) is 3.14. The van der Waals surface area contributed by atoms with Crippen LogP contribution in [-0.2, 0) is 4.79 Å². The van der Waals surface area contributed by atoms with Crippen molar-refractivity contribution in [1.82, 2.24) is 0 Å². The molecule has 0 aliphatic rings. The second-order valence-corrected chi connectivity index (χ2v) is 4.85. The fraction of sp³-hybridized carbons (Fsp3) is 0.111. The zero-order chi connectivity index (χ0) is 16.8. The predicted molar refractivity (Wildman–Crippen MR) is 87.1 cm³/mol. The Kier molecular flexibility index (Phi) is 5.25. The normalized spacial score (nSPS) is 10.6. The first-order valence-corrected chi connectivity index (χ1v) is 6.93. The molecule has 0 spiro atoms. The highest BCUT2D eigenvalue weighted by molar-refractivity contribution is 6.03. The Morgan fingerprint density at radius 2 is 1.96 bits per heavy atom. The van der Waals surface area contributed by atoms with E-state index in [1.54, 1.807) is 30.3 Å². The summed E-state index contributed by atoms with van der Waals surface area (Å²) in [6.45, 7) is 1.46. The highest BCUT2D eigenvalue weighted by atomic mass is 19.1. The molecule has 2 rings (SSSR count). The van der Waals surface area contributed by atoms with Gasteiger partial charge in [-0.1, -0.05) is 18.2 Å². The Bertz CT molecular complexity index is 769. The van der Waals surface area contributed by atoms with Crippen LogP contribution in [-0.4, -0.2) is 18.8 Å². The number of ether oxygens (including phenoxy) is 1. The Morgan fingerprint density at radius 1 is 1.17 bits per heavy atom. The molecule has 1 N–H and O–H groups in total. The van der Waals surface area contributed by atoms with E-state index < -0.39 is 5.82 Å². The number of nitrogens with one attached hydrogen (secondary N) is 1. The molecule has 0 bridgehead atoms. The number of carbonyl (C=O) groups excluding carboxylic acids is 2. The molecule has 5 heteroatoms. The summed E-state index contributed by atoms with van der Waals surface area (Å²) in [5.74, 6) is -0.802. The van der Waals surface area contributed by atoms with Crippen LogP contribution in [0.4, 0.5) is 10.1 Å². The molecule has 0 aliphatic carbocycles. The van der Waals surface area contributed by atoms with Gasteiger partial charge in [0.25, 0.3) is 0 Å². The Balaban J connectivity index is 2.05. The van der Waals surface area contributed by atoms with Gasteiger partial charge in [0.2, 0.25) is 5.91 Å². The molecule has 2 aromatic carbocycles. The van der Waals surface area contributed by atoms with Crippen LogP contribution >= 0.6 is 0 Å². The highest BCUT2D eigenvalue weighted by Crippen LogP contribution is 2.18. The third kappa shape index (κ3) is 4.51. The number of carbonyl (C=O) groups is 2. The maximum absolute atomic E-state index is 13.6. The minimum atomic E-state index is -0.496. The standard InChI is InChI=1S/C18H16FNO3/c1-12(21)14-4-3-5-15(11-14)20-18(22)9-7-13-6-8-17(23-2)16(19)10-13/h3-11H,1-2H3,(H,20,22)/b9-7+. The molecular weight excluding hydrogens is 297 g/mol. The van der Waals surface area contributed by atoms with E-state index in [0.29, 0.717) is 16.8 Å². The topological polar surface area (TPSA) is 55.4 Å². The average Bonchev–Trinajstić information content (AvgIpc) is 2.53. The minimum Gasteiger partial charge on any atom is -0.494 e. The lowest BCUT2D eigenvalue weighted by Crippen LogP contribution is -2.08. The first-order valence-electron chi connectivity index (χ1n) is 6.93. The zero-order valence-electron chi connectivity index (χ0n) is 12.8. The summed E-state index contributed by atoms with van der Waals surface area (Å²) in [7, 11) is 1.39. The minimum absolute atomic E-state index is 0.0784. The highest BCUT2D eigenvalue weighted by Gasteiger charge is 2.04. The van der Waals surface area contributed by atoms with E-state index in [2.05, 4.69) is 5.32 Å². The predicted octanol–water partition coefficient (Wildman–Crippen LogP) is 3.69. The van der Waals surface area contributed by atoms with Crippen LogP contribution in [0, 0.1) is 5.82 Å². The smallest absolute Gasteiger partial charge is 0.248 e. The second kappa shape index (κ2) is 7.35. The second-order valence-electron chi connectivity index (χ2n) is 4.85. The van der Waals surface area contributed by atoms with E-state index in [1.807, 2.05) is 0 Å². The van der Waals surface area contributed by atoms with E-state index >= 15 is 0 Å². The largest absolute Gasteiger partial charge is 0.494 e. The maximum Gasteiger partial charge on any atom is 0.248 e. The lowest BCUT2D eigenvalue weighted by atomic mass is 10.1. The molecule has 0 unspecified atom stereocenters. The molecular formula is C18H16FNO3. The molecule has 0 saturated heterocycles. The average molecular weight is 313 g/mol. The quantitative estimate of drug-likeness (QED) is 0.676. The van der Waals surface area contributed by atoms with Gasteiger partial charge in [-0.05, 0) is 42.8 Å². The van der Waals surface area contributed by atoms with Gasteiger partial charge in [0.05, 0.1) is 7.11 Å². The van der Waals surface area contributed by atoms with E-state index in [0.717, 1.165) is 0 Å². The van der Waals surface area contributed by atoms with Gasteiger partial charge in [0, 0.05) is 17.3 Å². The fourth-order valence-corrected chi connectivity index (χ4v) is 1.96. The molecule has 0 aliphatic heterocycles. The van der Waals surface area contributed by atoms with Crippen LogP contribution in [0.3, 0.4) is 0 Å². The number of hydrogen-bond donors (Lipinski definition) is 1. The first kappa shape index (κ1) is 16.4. The van der Waals surface area contributed by atoms with Crippen molar-refractivity contribution in [2.24, 2.45) is 0 Å². The van der Waals surface area contributed by atoms with E-state index in [-0.39, 0.29) is 17.4 Å². The number of anilines is 1. The zero-order valence-corrected chi connectivity index (χ0v) is 12.8. The number of ketones is 1. The number of methoxy groups -OCH3 is 1. The third-order valence-electron chi connectivity index (χ3n) is 3.14. The van der Waals surface area contributed by atoms with Crippen molar-refractivity contribution in [1.29, 1.82) is 0 Å². The summed E-state index contributed by atoms with van der Waals surface area (Å²) in [5, 5.41) is 2.65. The van der Waals surface area contributed by atoms with Crippen LogP contribution in [0.1, 0.15) is 22.8 Å². The summed E-state index contributed by atoms with van der Waals surface area (Å²) < 4.78 is 18.4. The molecule has 0 aromatic heterocycles. The van der Waals surface area contributed by atoms with Gasteiger partial charge in [0.15, 0.2) is 17.3 Å². The number of halogens is 1. The van der Waals surface area contributed by atoms with Gasteiger partial charge in [-0.3, -0.25) is 9.59 Å². The monoisotopic (exact) mass is 313 g/mol. The van der Waals surface area contributed by atoms with Gasteiger partial charge >= 0.3 is 0 Å². The molecule has 0 heterocycles. The van der Waals surface area contributed by atoms with Crippen molar-refractivity contribution in [3.05, 3.63) is 65.5 Å². The molecule has 0 atom stereocenters. The molecule has 118 valence electrons. The Morgan fingerprint density at radius 3 is 2.61 bits per heavy atom. The first-order chi connectivity index (χ1) is 11.0. The van der Waals surface area contributed by atoms with Gasteiger partial charge in [-0.15, -0.1) is 0 Å². The van der Waals surface area contributed by atoms with E-state index in [4.69, 9.17) is 4.74 Å². The molecule has 0 saturated carbocycles. The lowest BCUT2D eigenvalue weighted by molar-refractivity contribution is -0.111. The molecule has 4 nitrogen and oxygen atoms in total. The van der Waals surface area contributed by atoms with Crippen molar-refractivity contribution in [3.8, 4) is 5.75 Å². The SMILES string of the molecule is COc1ccc(/C=C/C(=O)Nc2cccc(C(C)=O)c2)cc1F. The van der Waals surface area contributed by atoms with Gasteiger partial charge < -0.3 is 10.1 Å². The molecule has 0 radical (unpaired) electrons. The van der Waals surface area contributed by atoms with Crippen molar-refractivity contribution >= 4 is 23.5 Å². The number of Topliss-reactive ketones (excluding diaryl/α,β-unsaturated/α-hetero) is 1. The summed E-state index contributed by atoms with van der Waals surface area (Å²) in [6, 6.07) is 11.1. The molecule has 1 amide bonds. The summed E-state index contributed by atoms with van der Waals surface area (Å²) in [6.07, 6.45) is 2.79. The van der Waals surface area contributed by atoms with Crippen molar-refractivity contribution in [3.63, 3.8) is 0 Å². The number of rotatable bonds is 5. The Hall–Kier alpha value is -2.95. The lowest BCUT2D eigenvalue weighted by Gasteiger charge is -2.04. The van der Waals surface area contributed by atoms with Crippen LogP contribution in [0.5, 0.6) is 5.75 Å². The van der Waals surface area contributed by atoms with Gasteiger partial charge in [0.1, 0.15) is 0 Å². The molecule has 0 fully saturated rings. The van der Waals surface area contributed by atoms with Crippen LogP contribution < -0.4 is 10.1 Å². The van der Waals surface area contributed by atoms with Crippen molar-refractivity contribution in [2.75, 3.05) is 12.4 Å². The number of amides is 1. The number of benzene rings is 2. The van der Waals surface area contributed by atoms with Crippen molar-refractivity contribution in [2.45, 2.75) is 6.92 Å². The van der Waals surface area contributed by atoms with Crippen LogP contribution in [0.25, 0.3) is 6.08 Å². The van der Waals surface area contributed by atoms with Gasteiger partial charge in [-0.2, -0.15) is 0 Å². The Labute approximate surface area is 133 Å². The number of hydrogen-bond acceptors (Lipinski definition) is 3. The molecule has 23 heavy (non-hydrogen) atoms. The summed E-state index contributed by atoms with van der Waals surface area (Å²) >= 11 is 0. The van der Waals surface area contributed by atoms with E-state index in [9.17, 15) is 14.0 Å². The fourth-order valence-electron chi connectivity index (χ4n) is 1.96. The van der Waals surface area contributed by atoms with Gasteiger partial charge in [-0.25, -0.2) is 4.39 Å².